The van der Waals surface area contributed by atoms with Crippen molar-refractivity contribution in [2.75, 3.05) is 7.05 Å². The van der Waals surface area contributed by atoms with Gasteiger partial charge in [-0.05, 0) is 20.3 Å². The molecule has 0 aliphatic rings. The first-order chi connectivity index (χ1) is 8.54. The molecule has 1 aromatic heterocycles. The summed E-state index contributed by atoms with van der Waals surface area (Å²) in [6.07, 6.45) is 0.809. The summed E-state index contributed by atoms with van der Waals surface area (Å²) in [7, 11) is 1.62. The minimum Gasteiger partial charge on any atom is -0.358 e. The van der Waals surface area contributed by atoms with Crippen LogP contribution in [0.25, 0.3) is 0 Å². The van der Waals surface area contributed by atoms with E-state index >= 15 is 0 Å². The van der Waals surface area contributed by atoms with Crippen molar-refractivity contribution in [2.45, 2.75) is 46.3 Å². The van der Waals surface area contributed by atoms with Gasteiger partial charge in [-0.3, -0.25) is 9.48 Å². The minimum absolute atomic E-state index is 0.0376. The minimum atomic E-state index is -0.253. The summed E-state index contributed by atoms with van der Waals surface area (Å²) in [5, 5.41) is 10.9. The van der Waals surface area contributed by atoms with E-state index < -0.39 is 0 Å². The number of aryl methyl sites for hydroxylation is 2. The lowest BCUT2D eigenvalue weighted by Gasteiger charge is -2.13. The van der Waals surface area contributed by atoms with E-state index in [2.05, 4.69) is 15.7 Å². The smallest absolute Gasteiger partial charge is 0.236 e. The lowest BCUT2D eigenvalue weighted by atomic mass is 10.2. The second-order valence-electron chi connectivity index (χ2n) is 4.09. The summed E-state index contributed by atoms with van der Waals surface area (Å²) < 4.78 is 1.88. The first-order valence-electron chi connectivity index (χ1n) is 6.24. The van der Waals surface area contributed by atoms with Crippen LogP contribution in [-0.2, 0) is 24.3 Å². The summed E-state index contributed by atoms with van der Waals surface area (Å²) >= 11 is 6.28. The molecular weight excluding hydrogens is 252 g/mol. The van der Waals surface area contributed by atoms with Gasteiger partial charge in [0.2, 0.25) is 5.91 Å². The van der Waals surface area contributed by atoms with E-state index in [1.54, 1.807) is 7.05 Å². The van der Waals surface area contributed by atoms with Crippen molar-refractivity contribution in [1.29, 1.82) is 0 Å². The quantitative estimate of drug-likeness (QED) is 0.822. The standard InChI is InChI=1S/C12H21ClN4O/c1-5-9-11(13)10(17(6-2)16-9)7-15-8(3)12(18)14-4/h8,15H,5-7H2,1-4H3,(H,14,18). The maximum Gasteiger partial charge on any atom is 0.236 e. The number of carbonyl (C=O) groups excluding carboxylic acids is 1. The van der Waals surface area contributed by atoms with Crippen LogP contribution < -0.4 is 10.6 Å². The highest BCUT2D eigenvalue weighted by atomic mass is 35.5. The van der Waals surface area contributed by atoms with Crippen LogP contribution in [0, 0.1) is 0 Å². The molecule has 1 atom stereocenters. The van der Waals surface area contributed by atoms with E-state index in [1.165, 1.54) is 0 Å². The fraction of sp³-hybridized carbons (Fsp3) is 0.667. The third kappa shape index (κ3) is 3.23. The first kappa shape index (κ1) is 15.0. The number of hydrogen-bond acceptors (Lipinski definition) is 3. The summed E-state index contributed by atoms with van der Waals surface area (Å²) in [6.45, 7) is 7.17. The molecule has 1 unspecified atom stereocenters. The van der Waals surface area contributed by atoms with Gasteiger partial charge in [0.1, 0.15) is 0 Å². The number of nitrogens with one attached hydrogen (secondary N) is 2. The Morgan fingerprint density at radius 1 is 1.50 bits per heavy atom. The van der Waals surface area contributed by atoms with Crippen molar-refractivity contribution in [2.24, 2.45) is 0 Å². The van der Waals surface area contributed by atoms with Crippen LogP contribution in [0.4, 0.5) is 0 Å². The highest BCUT2D eigenvalue weighted by Gasteiger charge is 2.16. The van der Waals surface area contributed by atoms with Crippen molar-refractivity contribution in [3.05, 3.63) is 16.4 Å². The Morgan fingerprint density at radius 3 is 2.67 bits per heavy atom. The molecule has 0 aromatic carbocycles. The molecule has 1 aromatic rings. The zero-order valence-electron chi connectivity index (χ0n) is 11.4. The van der Waals surface area contributed by atoms with E-state index in [4.69, 9.17) is 11.6 Å². The van der Waals surface area contributed by atoms with Crippen molar-refractivity contribution in [3.63, 3.8) is 0 Å². The largest absolute Gasteiger partial charge is 0.358 e. The van der Waals surface area contributed by atoms with E-state index in [1.807, 2.05) is 25.5 Å². The molecule has 0 fully saturated rings. The van der Waals surface area contributed by atoms with Crippen molar-refractivity contribution >= 4 is 17.5 Å². The Labute approximate surface area is 113 Å². The van der Waals surface area contributed by atoms with Crippen molar-refractivity contribution < 1.29 is 4.79 Å². The second-order valence-corrected chi connectivity index (χ2v) is 4.47. The Morgan fingerprint density at radius 2 is 2.17 bits per heavy atom. The lowest BCUT2D eigenvalue weighted by Crippen LogP contribution is -2.40. The lowest BCUT2D eigenvalue weighted by molar-refractivity contribution is -0.122. The maximum absolute atomic E-state index is 11.4. The number of aromatic nitrogens is 2. The van der Waals surface area contributed by atoms with Crippen LogP contribution in [0.3, 0.4) is 0 Å². The van der Waals surface area contributed by atoms with Crippen LogP contribution in [0.5, 0.6) is 0 Å². The van der Waals surface area contributed by atoms with Gasteiger partial charge in [-0.2, -0.15) is 5.10 Å². The molecule has 102 valence electrons. The van der Waals surface area contributed by atoms with Crippen molar-refractivity contribution in [3.8, 4) is 0 Å². The zero-order chi connectivity index (χ0) is 13.7. The van der Waals surface area contributed by atoms with Gasteiger partial charge in [-0.25, -0.2) is 0 Å². The van der Waals surface area contributed by atoms with Gasteiger partial charge in [0, 0.05) is 20.1 Å². The van der Waals surface area contributed by atoms with E-state index in [9.17, 15) is 4.79 Å². The predicted molar refractivity (Wildman–Crippen MR) is 72.7 cm³/mol. The normalized spacial score (nSPS) is 12.5. The number of halogens is 1. The Kier molecular flexibility index (Phi) is 5.62. The third-order valence-electron chi connectivity index (χ3n) is 2.91. The zero-order valence-corrected chi connectivity index (χ0v) is 12.1. The average molecular weight is 273 g/mol. The van der Waals surface area contributed by atoms with Crippen LogP contribution in [0.1, 0.15) is 32.2 Å². The number of hydrogen-bond donors (Lipinski definition) is 2. The highest BCUT2D eigenvalue weighted by molar-refractivity contribution is 6.31. The average Bonchev–Trinajstić information content (AvgIpc) is 2.70. The highest BCUT2D eigenvalue weighted by Crippen LogP contribution is 2.21. The maximum atomic E-state index is 11.4. The molecule has 0 saturated heterocycles. The fourth-order valence-electron chi connectivity index (χ4n) is 1.75. The third-order valence-corrected chi connectivity index (χ3v) is 3.35. The molecule has 2 N–H and O–H groups in total. The SMILES string of the molecule is CCc1nn(CC)c(CNC(C)C(=O)NC)c1Cl. The predicted octanol–water partition coefficient (Wildman–Crippen LogP) is 1.34. The molecule has 0 aliphatic heterocycles. The van der Waals surface area contributed by atoms with Gasteiger partial charge in [-0.1, -0.05) is 18.5 Å². The van der Waals surface area contributed by atoms with Gasteiger partial charge in [-0.15, -0.1) is 0 Å². The van der Waals surface area contributed by atoms with Gasteiger partial charge in [0.15, 0.2) is 0 Å². The van der Waals surface area contributed by atoms with Crippen LogP contribution in [0.15, 0.2) is 0 Å². The molecule has 0 bridgehead atoms. The molecule has 5 nitrogen and oxygen atoms in total. The monoisotopic (exact) mass is 272 g/mol. The number of carbonyl (C=O) groups is 1. The van der Waals surface area contributed by atoms with E-state index in [0.29, 0.717) is 11.6 Å². The van der Waals surface area contributed by atoms with Crippen LogP contribution in [0.2, 0.25) is 5.02 Å². The molecule has 0 spiro atoms. The molecule has 1 amide bonds. The summed E-state index contributed by atoms with van der Waals surface area (Å²) in [4.78, 5) is 11.4. The Hall–Kier alpha value is -1.07. The molecule has 0 aliphatic carbocycles. The molecule has 6 heteroatoms. The number of likely N-dealkylation sites (N-methyl/N-ethyl adjacent to an activating group) is 1. The van der Waals surface area contributed by atoms with E-state index in [0.717, 1.165) is 24.4 Å². The van der Waals surface area contributed by atoms with Gasteiger partial charge in [0.25, 0.3) is 0 Å². The molecule has 0 saturated carbocycles. The van der Waals surface area contributed by atoms with E-state index in [-0.39, 0.29) is 11.9 Å². The number of rotatable bonds is 6. The van der Waals surface area contributed by atoms with Crippen molar-refractivity contribution in [1.82, 2.24) is 20.4 Å². The summed E-state index contributed by atoms with van der Waals surface area (Å²) in [5.74, 6) is -0.0376. The Balaban J connectivity index is 2.78. The van der Waals surface area contributed by atoms with Gasteiger partial charge >= 0.3 is 0 Å². The van der Waals surface area contributed by atoms with Gasteiger partial charge in [0.05, 0.1) is 22.5 Å². The molecule has 1 heterocycles. The number of nitrogens with zero attached hydrogens (tertiary/aromatic N) is 2. The second kappa shape index (κ2) is 6.75. The number of amides is 1. The topological polar surface area (TPSA) is 59.0 Å². The molecule has 18 heavy (non-hydrogen) atoms. The van der Waals surface area contributed by atoms with Crippen LogP contribution in [-0.4, -0.2) is 28.8 Å². The Bertz CT molecular complexity index is 416. The summed E-state index contributed by atoms with van der Waals surface area (Å²) in [6, 6.07) is -0.253. The molecule has 0 radical (unpaired) electrons. The van der Waals surface area contributed by atoms with Gasteiger partial charge < -0.3 is 10.6 Å². The first-order valence-corrected chi connectivity index (χ1v) is 6.61. The summed E-state index contributed by atoms with van der Waals surface area (Å²) in [5.41, 5.74) is 1.84. The molecular formula is C12H21ClN4O. The molecule has 1 rings (SSSR count). The van der Waals surface area contributed by atoms with Crippen LogP contribution >= 0.6 is 11.6 Å². The fourth-order valence-corrected chi connectivity index (χ4v) is 2.08.